The zero-order valence-corrected chi connectivity index (χ0v) is 13.8. The zero-order chi connectivity index (χ0) is 18.6. The lowest BCUT2D eigenvalue weighted by molar-refractivity contribution is -0.134. The van der Waals surface area contributed by atoms with Gasteiger partial charge in [-0.05, 0) is 12.0 Å². The lowest BCUT2D eigenvalue weighted by Gasteiger charge is -2.19. The highest BCUT2D eigenvalue weighted by atomic mass is 19.1. The molecule has 0 saturated carbocycles. The Morgan fingerprint density at radius 3 is 2.64 bits per heavy atom. The summed E-state index contributed by atoms with van der Waals surface area (Å²) >= 11 is 0. The Hall–Kier alpha value is -2.65. The molecule has 0 fully saturated rings. The van der Waals surface area contributed by atoms with E-state index in [9.17, 15) is 19.1 Å². The third kappa shape index (κ3) is 4.06. The van der Waals surface area contributed by atoms with Crippen LogP contribution in [-0.2, 0) is 22.7 Å². The van der Waals surface area contributed by atoms with Crippen LogP contribution in [0, 0.1) is 11.7 Å². The number of halogens is 1. The number of nitrogens with zero attached hydrogens (tertiary/aromatic N) is 1. The maximum absolute atomic E-state index is 13.5. The molecule has 0 aliphatic heterocycles. The summed E-state index contributed by atoms with van der Waals surface area (Å²) in [7, 11) is 0. The molecule has 25 heavy (non-hydrogen) atoms. The largest absolute Gasteiger partial charge is 0.493 e. The van der Waals surface area contributed by atoms with Gasteiger partial charge in [0, 0.05) is 5.56 Å². The fourth-order valence-corrected chi connectivity index (χ4v) is 2.51. The summed E-state index contributed by atoms with van der Waals surface area (Å²) in [5.41, 5.74) is 1.15. The van der Waals surface area contributed by atoms with Gasteiger partial charge in [0.1, 0.15) is 17.6 Å². The lowest BCUT2D eigenvalue weighted by Crippen LogP contribution is -2.37. The molecule has 0 bridgehead atoms. The van der Waals surface area contributed by atoms with Crippen LogP contribution in [0.5, 0.6) is 5.88 Å². The van der Waals surface area contributed by atoms with E-state index >= 15 is 0 Å². The number of hydroxylamine groups is 1. The number of hydrogen-bond acceptors (Lipinski definition) is 5. The molecule has 9 heteroatoms. The molecule has 0 saturated heterocycles. The molecule has 1 amide bonds. The van der Waals surface area contributed by atoms with E-state index in [1.807, 2.05) is 0 Å². The van der Waals surface area contributed by atoms with Gasteiger partial charge in [-0.3, -0.25) is 10.0 Å². The summed E-state index contributed by atoms with van der Waals surface area (Å²) in [5.74, 6) is -2.10. The number of rotatable bonds is 7. The first-order valence-corrected chi connectivity index (χ1v) is 7.64. The minimum Gasteiger partial charge on any atom is -0.493 e. The fourth-order valence-electron chi connectivity index (χ4n) is 2.51. The Bertz CT molecular complexity index is 799. The first kappa shape index (κ1) is 18.7. The number of hydrogen-bond donors (Lipinski definition) is 4. The van der Waals surface area contributed by atoms with Gasteiger partial charge in [0.2, 0.25) is 5.88 Å². The van der Waals surface area contributed by atoms with Crippen molar-refractivity contribution in [1.82, 2.24) is 15.0 Å². The minimum absolute atomic E-state index is 0.0515. The van der Waals surface area contributed by atoms with Gasteiger partial charge in [0.25, 0.3) is 5.91 Å². The van der Waals surface area contributed by atoms with Crippen LogP contribution in [0.3, 0.4) is 0 Å². The fraction of sp³-hybridized carbons (Fsp3) is 0.375. The maximum atomic E-state index is 13.5. The van der Waals surface area contributed by atoms with Crippen LogP contribution >= 0.6 is 0 Å². The van der Waals surface area contributed by atoms with Crippen LogP contribution in [0.25, 0.3) is 0 Å². The molecular weight excluding hydrogens is 333 g/mol. The Morgan fingerprint density at radius 2 is 2.04 bits per heavy atom. The lowest BCUT2D eigenvalue weighted by atomic mass is 10.0. The highest BCUT2D eigenvalue weighted by molar-refractivity contribution is 5.79. The number of aromatic hydroxyl groups is 1. The molecule has 0 radical (unpaired) electrons. The number of amides is 1. The SMILES string of the molecule is CC(C)[C@H](C(=O)NO)n1c(O)c(COCc2ccccc2F)[nH]c1=O. The Labute approximate surface area is 142 Å². The number of aromatic nitrogens is 2. The first-order chi connectivity index (χ1) is 11.9. The van der Waals surface area contributed by atoms with Gasteiger partial charge in [-0.25, -0.2) is 19.2 Å². The smallest absolute Gasteiger partial charge is 0.329 e. The Kier molecular flexibility index (Phi) is 5.94. The van der Waals surface area contributed by atoms with Crippen molar-refractivity contribution in [2.45, 2.75) is 33.1 Å². The number of nitrogens with one attached hydrogen (secondary N) is 2. The summed E-state index contributed by atoms with van der Waals surface area (Å²) in [4.78, 5) is 26.3. The number of carbonyl (C=O) groups excluding carboxylic acids is 1. The number of benzene rings is 1. The van der Waals surface area contributed by atoms with Gasteiger partial charge in [-0.1, -0.05) is 32.0 Å². The van der Waals surface area contributed by atoms with Crippen molar-refractivity contribution in [2.75, 3.05) is 0 Å². The molecule has 1 heterocycles. The highest BCUT2D eigenvalue weighted by Gasteiger charge is 2.29. The molecular formula is C16H20FN3O5. The van der Waals surface area contributed by atoms with Crippen molar-refractivity contribution in [3.8, 4) is 5.88 Å². The van der Waals surface area contributed by atoms with Crippen LogP contribution in [0.15, 0.2) is 29.1 Å². The van der Waals surface area contributed by atoms with Crippen molar-refractivity contribution < 1.29 is 24.2 Å². The summed E-state index contributed by atoms with van der Waals surface area (Å²) in [6.45, 7) is 3.08. The van der Waals surface area contributed by atoms with E-state index in [0.29, 0.717) is 5.56 Å². The molecule has 0 unspecified atom stereocenters. The maximum Gasteiger partial charge on any atom is 0.329 e. The normalized spacial score (nSPS) is 12.4. The topological polar surface area (TPSA) is 117 Å². The molecule has 0 spiro atoms. The molecule has 8 nitrogen and oxygen atoms in total. The van der Waals surface area contributed by atoms with E-state index in [2.05, 4.69) is 4.98 Å². The second-order valence-electron chi connectivity index (χ2n) is 5.85. The quantitative estimate of drug-likeness (QED) is 0.444. The van der Waals surface area contributed by atoms with Crippen LogP contribution in [0.1, 0.15) is 31.1 Å². The van der Waals surface area contributed by atoms with Gasteiger partial charge in [-0.2, -0.15) is 0 Å². The summed E-state index contributed by atoms with van der Waals surface area (Å²) < 4.78 is 19.7. The highest BCUT2D eigenvalue weighted by Crippen LogP contribution is 2.24. The van der Waals surface area contributed by atoms with Crippen molar-refractivity contribution in [1.29, 1.82) is 0 Å². The van der Waals surface area contributed by atoms with E-state index < -0.39 is 29.3 Å². The monoisotopic (exact) mass is 353 g/mol. The van der Waals surface area contributed by atoms with Crippen LogP contribution in [-0.4, -0.2) is 25.8 Å². The van der Waals surface area contributed by atoms with E-state index in [1.165, 1.54) is 11.5 Å². The van der Waals surface area contributed by atoms with Gasteiger partial charge < -0.3 is 14.8 Å². The zero-order valence-electron chi connectivity index (χ0n) is 13.8. The molecule has 1 aromatic carbocycles. The molecule has 2 rings (SSSR count). The molecule has 2 aromatic rings. The number of imidazole rings is 1. The van der Waals surface area contributed by atoms with Gasteiger partial charge >= 0.3 is 5.69 Å². The second-order valence-corrected chi connectivity index (χ2v) is 5.85. The molecule has 4 N–H and O–H groups in total. The van der Waals surface area contributed by atoms with E-state index in [-0.39, 0.29) is 24.8 Å². The standard InChI is InChI=1S/C16H20FN3O5/c1-9(2)13(14(21)19-24)20-15(22)12(18-16(20)23)8-25-7-10-5-3-4-6-11(10)17/h3-6,9,13,22,24H,7-8H2,1-2H3,(H,18,23)(H,19,21)/t13-/m1/s1. The van der Waals surface area contributed by atoms with Gasteiger partial charge in [-0.15, -0.1) is 0 Å². The van der Waals surface area contributed by atoms with Gasteiger partial charge in [0.05, 0.1) is 13.2 Å². The number of ether oxygens (including phenoxy) is 1. The molecule has 0 aliphatic rings. The van der Waals surface area contributed by atoms with E-state index in [1.54, 1.807) is 32.0 Å². The number of carbonyl (C=O) groups is 1. The number of H-pyrrole nitrogens is 1. The molecule has 1 atom stereocenters. The molecule has 136 valence electrons. The van der Waals surface area contributed by atoms with Crippen molar-refractivity contribution in [3.05, 3.63) is 51.8 Å². The summed E-state index contributed by atoms with van der Waals surface area (Å²) in [6, 6.07) is 4.98. The second kappa shape index (κ2) is 7.95. The molecule has 1 aromatic heterocycles. The van der Waals surface area contributed by atoms with Crippen LogP contribution < -0.4 is 11.2 Å². The first-order valence-electron chi connectivity index (χ1n) is 7.64. The third-order valence-corrected chi connectivity index (χ3v) is 3.72. The minimum atomic E-state index is -1.10. The average Bonchev–Trinajstić information content (AvgIpc) is 2.84. The Morgan fingerprint density at radius 1 is 1.36 bits per heavy atom. The predicted octanol–water partition coefficient (Wildman–Crippen LogP) is 1.44. The predicted molar refractivity (Wildman–Crippen MR) is 85.4 cm³/mol. The van der Waals surface area contributed by atoms with Crippen molar-refractivity contribution in [2.24, 2.45) is 5.92 Å². The number of aromatic amines is 1. The van der Waals surface area contributed by atoms with Gasteiger partial charge in [0.15, 0.2) is 0 Å². The van der Waals surface area contributed by atoms with Crippen LogP contribution in [0.4, 0.5) is 4.39 Å². The average molecular weight is 353 g/mol. The summed E-state index contributed by atoms with van der Waals surface area (Å²) in [6.07, 6.45) is 0. The van der Waals surface area contributed by atoms with Crippen molar-refractivity contribution in [3.63, 3.8) is 0 Å². The summed E-state index contributed by atoms with van der Waals surface area (Å²) in [5, 5.41) is 19.1. The Balaban J connectivity index is 2.17. The van der Waals surface area contributed by atoms with Crippen LogP contribution in [0.2, 0.25) is 0 Å². The molecule has 0 aliphatic carbocycles. The van der Waals surface area contributed by atoms with Crippen molar-refractivity contribution >= 4 is 5.91 Å². The third-order valence-electron chi connectivity index (χ3n) is 3.72. The van der Waals surface area contributed by atoms with E-state index in [0.717, 1.165) is 4.57 Å². The van der Waals surface area contributed by atoms with E-state index in [4.69, 9.17) is 9.94 Å².